The number of hydrogen-bond acceptors (Lipinski definition) is 7. The van der Waals surface area contributed by atoms with Crippen molar-refractivity contribution in [3.63, 3.8) is 0 Å². The molecule has 0 aromatic heterocycles. The fourth-order valence-corrected chi connectivity index (χ4v) is 3.51. The Hall–Kier alpha value is -1.63. The first-order chi connectivity index (χ1) is 16.0. The minimum absolute atomic E-state index is 0.113. The Morgan fingerprint density at radius 1 is 0.606 bits per heavy atom. The Balaban J connectivity index is 3.66. The van der Waals surface area contributed by atoms with Crippen LogP contribution in [0.15, 0.2) is 0 Å². The lowest BCUT2D eigenvalue weighted by molar-refractivity contribution is -0.161. The van der Waals surface area contributed by atoms with E-state index in [0.29, 0.717) is 32.3 Å². The molecule has 0 bridgehead atoms. The Bertz CT molecular complexity index is 493. The molecule has 7 heteroatoms. The van der Waals surface area contributed by atoms with Gasteiger partial charge in [-0.3, -0.25) is 14.4 Å². The summed E-state index contributed by atoms with van der Waals surface area (Å²) in [7, 11) is 0. The van der Waals surface area contributed by atoms with Crippen molar-refractivity contribution in [3.05, 3.63) is 0 Å². The molecule has 0 rings (SSSR count). The molecule has 0 saturated heterocycles. The number of esters is 3. The van der Waals surface area contributed by atoms with Gasteiger partial charge in [0.25, 0.3) is 0 Å². The highest BCUT2D eigenvalue weighted by Crippen LogP contribution is 2.12. The van der Waals surface area contributed by atoms with Crippen molar-refractivity contribution in [1.82, 2.24) is 0 Å². The van der Waals surface area contributed by atoms with Gasteiger partial charge in [-0.25, -0.2) is 0 Å². The van der Waals surface area contributed by atoms with Gasteiger partial charge in [0.1, 0.15) is 6.61 Å². The highest BCUT2D eigenvalue weighted by molar-refractivity contribution is 5.70. The molecular formula is C26H48O7. The Kier molecular flexibility index (Phi) is 22.4. The van der Waals surface area contributed by atoms with Crippen LogP contribution in [0.2, 0.25) is 0 Å². The summed E-state index contributed by atoms with van der Waals surface area (Å²) in [4.78, 5) is 35.0. The molecule has 0 saturated carbocycles. The van der Waals surface area contributed by atoms with E-state index in [2.05, 4.69) is 6.92 Å². The smallest absolute Gasteiger partial charge is 0.306 e. The maximum absolute atomic E-state index is 11.9. The number of aliphatic hydroxyl groups is 1. The first-order valence-electron chi connectivity index (χ1n) is 13.1. The van der Waals surface area contributed by atoms with Crippen LogP contribution in [0.1, 0.15) is 123 Å². The topological polar surface area (TPSA) is 99.1 Å². The zero-order valence-corrected chi connectivity index (χ0v) is 21.1. The molecule has 0 aromatic carbocycles. The lowest BCUT2D eigenvalue weighted by atomic mass is 10.1. The summed E-state index contributed by atoms with van der Waals surface area (Å²) in [6.45, 7) is 3.95. The molecule has 0 aliphatic rings. The van der Waals surface area contributed by atoms with Gasteiger partial charge in [0.05, 0.1) is 13.2 Å². The third-order valence-corrected chi connectivity index (χ3v) is 5.48. The number of unbranched alkanes of at least 4 members (excludes halogenated alkanes) is 12. The van der Waals surface area contributed by atoms with E-state index in [-0.39, 0.29) is 31.1 Å². The fraction of sp³-hybridized carbons (Fsp3) is 0.885. The van der Waals surface area contributed by atoms with Crippen molar-refractivity contribution in [1.29, 1.82) is 0 Å². The van der Waals surface area contributed by atoms with Gasteiger partial charge in [-0.1, -0.05) is 77.6 Å². The van der Waals surface area contributed by atoms with Gasteiger partial charge in [-0.05, 0) is 26.2 Å². The predicted octanol–water partition coefficient (Wildman–Crippen LogP) is 5.65. The largest absolute Gasteiger partial charge is 0.466 e. The van der Waals surface area contributed by atoms with Gasteiger partial charge < -0.3 is 19.3 Å². The van der Waals surface area contributed by atoms with E-state index in [4.69, 9.17) is 14.2 Å². The Morgan fingerprint density at radius 3 is 1.48 bits per heavy atom. The minimum atomic E-state index is -0.803. The third-order valence-electron chi connectivity index (χ3n) is 5.48. The second-order valence-corrected chi connectivity index (χ2v) is 8.63. The second kappa shape index (κ2) is 23.5. The van der Waals surface area contributed by atoms with Crippen LogP contribution in [0.4, 0.5) is 0 Å². The number of carbonyl (C=O) groups is 3. The summed E-state index contributed by atoms with van der Waals surface area (Å²) in [5.74, 6) is -0.862. The minimum Gasteiger partial charge on any atom is -0.466 e. The van der Waals surface area contributed by atoms with E-state index in [1.54, 1.807) is 6.92 Å². The first kappa shape index (κ1) is 31.4. The van der Waals surface area contributed by atoms with E-state index in [1.165, 1.54) is 38.5 Å². The molecule has 1 unspecified atom stereocenters. The summed E-state index contributed by atoms with van der Waals surface area (Å²) >= 11 is 0. The maximum atomic E-state index is 11.9. The summed E-state index contributed by atoms with van der Waals surface area (Å²) < 4.78 is 15.2. The second-order valence-electron chi connectivity index (χ2n) is 8.63. The van der Waals surface area contributed by atoms with E-state index in [1.807, 2.05) is 0 Å². The SMILES string of the molecule is CCCCCCCCCCCC(=O)OC(CO)COC(=O)CCCCCCCC(=O)OCC. The highest BCUT2D eigenvalue weighted by Gasteiger charge is 2.16. The van der Waals surface area contributed by atoms with Crippen molar-refractivity contribution in [2.45, 2.75) is 129 Å². The van der Waals surface area contributed by atoms with E-state index < -0.39 is 6.10 Å². The summed E-state index contributed by atoms with van der Waals surface area (Å²) in [6.07, 6.45) is 15.1. The molecule has 0 aliphatic heterocycles. The highest BCUT2D eigenvalue weighted by atomic mass is 16.6. The predicted molar refractivity (Wildman–Crippen MR) is 129 cm³/mol. The molecule has 7 nitrogen and oxygen atoms in total. The van der Waals surface area contributed by atoms with Gasteiger partial charge in [0.2, 0.25) is 0 Å². The monoisotopic (exact) mass is 472 g/mol. The van der Waals surface area contributed by atoms with E-state index in [9.17, 15) is 19.5 Å². The Morgan fingerprint density at radius 2 is 1.03 bits per heavy atom. The van der Waals surface area contributed by atoms with Crippen molar-refractivity contribution < 1.29 is 33.7 Å². The molecule has 0 fully saturated rings. The van der Waals surface area contributed by atoms with Gasteiger partial charge in [0, 0.05) is 19.3 Å². The fourth-order valence-electron chi connectivity index (χ4n) is 3.51. The van der Waals surface area contributed by atoms with E-state index in [0.717, 1.165) is 44.9 Å². The van der Waals surface area contributed by atoms with Crippen LogP contribution in [0.5, 0.6) is 0 Å². The van der Waals surface area contributed by atoms with Crippen LogP contribution in [0, 0.1) is 0 Å². The van der Waals surface area contributed by atoms with Crippen molar-refractivity contribution in [2.75, 3.05) is 19.8 Å². The van der Waals surface area contributed by atoms with E-state index >= 15 is 0 Å². The number of hydrogen-bond donors (Lipinski definition) is 1. The molecule has 0 radical (unpaired) electrons. The van der Waals surface area contributed by atoms with Crippen LogP contribution in [0.25, 0.3) is 0 Å². The maximum Gasteiger partial charge on any atom is 0.306 e. The lowest BCUT2D eigenvalue weighted by Crippen LogP contribution is -2.28. The molecule has 0 heterocycles. The van der Waals surface area contributed by atoms with Crippen LogP contribution < -0.4 is 0 Å². The molecular weight excluding hydrogens is 424 g/mol. The molecule has 194 valence electrons. The summed E-state index contributed by atoms with van der Waals surface area (Å²) in [6, 6.07) is 0. The average molecular weight is 473 g/mol. The van der Waals surface area contributed by atoms with Crippen molar-refractivity contribution in [3.8, 4) is 0 Å². The standard InChI is InChI=1S/C26H48O7/c1-3-5-6-7-8-9-10-12-17-20-26(30)33-23(21-27)22-32-25(29)19-16-14-11-13-15-18-24(28)31-4-2/h23,27H,3-22H2,1-2H3. The van der Waals surface area contributed by atoms with Crippen LogP contribution >= 0.6 is 0 Å². The molecule has 0 amide bonds. The number of ether oxygens (including phenoxy) is 3. The van der Waals surface area contributed by atoms with Gasteiger partial charge in [-0.15, -0.1) is 0 Å². The molecule has 0 spiro atoms. The molecule has 1 atom stereocenters. The summed E-state index contributed by atoms with van der Waals surface area (Å²) in [5.41, 5.74) is 0. The van der Waals surface area contributed by atoms with Gasteiger partial charge in [-0.2, -0.15) is 0 Å². The van der Waals surface area contributed by atoms with Gasteiger partial charge >= 0.3 is 17.9 Å². The number of rotatable bonds is 23. The number of carbonyl (C=O) groups excluding carboxylic acids is 3. The quantitative estimate of drug-likeness (QED) is 0.117. The van der Waals surface area contributed by atoms with Crippen LogP contribution in [-0.4, -0.2) is 48.9 Å². The van der Waals surface area contributed by atoms with Crippen LogP contribution in [0.3, 0.4) is 0 Å². The summed E-state index contributed by atoms with van der Waals surface area (Å²) in [5, 5.41) is 9.39. The Labute approximate surface area is 200 Å². The van der Waals surface area contributed by atoms with Crippen LogP contribution in [-0.2, 0) is 28.6 Å². The molecule has 0 aromatic rings. The zero-order valence-electron chi connectivity index (χ0n) is 21.1. The van der Waals surface area contributed by atoms with Crippen molar-refractivity contribution in [2.24, 2.45) is 0 Å². The third kappa shape index (κ3) is 22.0. The molecule has 1 N–H and O–H groups in total. The van der Waals surface area contributed by atoms with Crippen molar-refractivity contribution >= 4 is 17.9 Å². The van der Waals surface area contributed by atoms with Gasteiger partial charge in [0.15, 0.2) is 6.10 Å². The molecule has 0 aliphatic carbocycles. The normalized spacial score (nSPS) is 11.7. The average Bonchev–Trinajstić information content (AvgIpc) is 2.80. The molecule has 33 heavy (non-hydrogen) atoms. The lowest BCUT2D eigenvalue weighted by Gasteiger charge is -2.15. The number of aliphatic hydroxyl groups excluding tert-OH is 1. The first-order valence-corrected chi connectivity index (χ1v) is 13.1. The zero-order chi connectivity index (χ0) is 24.6.